The van der Waals surface area contributed by atoms with Crippen LogP contribution in [0.4, 0.5) is 0 Å². The minimum absolute atomic E-state index is 0. The van der Waals surface area contributed by atoms with Crippen molar-refractivity contribution < 1.29 is 71.3 Å². The van der Waals surface area contributed by atoms with Crippen LogP contribution in [0.2, 0.25) is 0 Å². The Hall–Kier alpha value is 1.50. The summed E-state index contributed by atoms with van der Waals surface area (Å²) in [5, 5.41) is 0. The molecule has 0 N–H and O–H groups in total. The van der Waals surface area contributed by atoms with Gasteiger partial charge < -0.3 is 29.6 Å². The zero-order valence-electron chi connectivity index (χ0n) is 4.16. The number of hydrogen-bond donors (Lipinski definition) is 0. The summed E-state index contributed by atoms with van der Waals surface area (Å²) in [5.74, 6) is 0. The summed E-state index contributed by atoms with van der Waals surface area (Å²) in [4.78, 5) is 0. The SMILES string of the molecule is [C]1=CCCO1.[Ce].[Cl-].[Cl-]. The monoisotopic (exact) mass is 279 g/mol. The van der Waals surface area contributed by atoms with Crippen molar-refractivity contribution in [3.05, 3.63) is 12.3 Å². The molecule has 0 amide bonds. The van der Waals surface area contributed by atoms with Crippen molar-refractivity contribution in [3.8, 4) is 0 Å². The summed E-state index contributed by atoms with van der Waals surface area (Å²) in [6.07, 6.45) is 5.53. The van der Waals surface area contributed by atoms with Crippen molar-refractivity contribution in [2.45, 2.75) is 6.42 Å². The maximum atomic E-state index is 4.64. The number of ether oxygens (including phenoxy) is 1. The summed E-state index contributed by atoms with van der Waals surface area (Å²) in [7, 11) is 0. The van der Waals surface area contributed by atoms with Crippen LogP contribution in [0.25, 0.3) is 0 Å². The molecule has 0 atom stereocenters. The third kappa shape index (κ3) is 7.50. The van der Waals surface area contributed by atoms with E-state index < -0.39 is 0 Å². The molecule has 4 heteroatoms. The Morgan fingerprint density at radius 3 is 2.12 bits per heavy atom. The van der Waals surface area contributed by atoms with Crippen molar-refractivity contribution in [1.82, 2.24) is 0 Å². The summed E-state index contributed by atoms with van der Waals surface area (Å²) in [6, 6.07) is 0. The zero-order valence-corrected chi connectivity index (χ0v) is 8.81. The first kappa shape index (κ1) is 16.2. The van der Waals surface area contributed by atoms with Crippen molar-refractivity contribution >= 4 is 0 Å². The molecule has 1 aliphatic rings. The van der Waals surface area contributed by atoms with Gasteiger partial charge in [0.15, 0.2) is 6.26 Å². The standard InChI is InChI=1S/C4H5O.Ce.2ClH/c1-2-4-5-3-1;;;/h1H,2,4H2;;2*1H/p-2. The van der Waals surface area contributed by atoms with Crippen LogP contribution in [0.5, 0.6) is 0 Å². The van der Waals surface area contributed by atoms with E-state index in [9.17, 15) is 0 Å². The van der Waals surface area contributed by atoms with Crippen molar-refractivity contribution in [2.24, 2.45) is 0 Å². The van der Waals surface area contributed by atoms with Gasteiger partial charge in [0.1, 0.15) is 0 Å². The van der Waals surface area contributed by atoms with E-state index in [-0.39, 0.29) is 66.6 Å². The van der Waals surface area contributed by atoms with Crippen molar-refractivity contribution in [1.29, 1.82) is 0 Å². The minimum atomic E-state index is 0. The predicted molar refractivity (Wildman–Crippen MR) is 18.4 cm³/mol. The molecule has 0 fully saturated rings. The van der Waals surface area contributed by atoms with Gasteiger partial charge in [0.25, 0.3) is 0 Å². The Kier molecular flexibility index (Phi) is 23.0. The van der Waals surface area contributed by atoms with Crippen LogP contribution in [0.15, 0.2) is 6.08 Å². The van der Waals surface area contributed by atoms with Crippen LogP contribution >= 0.6 is 0 Å². The predicted octanol–water partition coefficient (Wildman–Crippen LogP) is -5.27. The van der Waals surface area contributed by atoms with E-state index in [1.165, 1.54) is 0 Å². The Balaban J connectivity index is -0.0000000833. The van der Waals surface area contributed by atoms with Crippen LogP contribution in [0.1, 0.15) is 6.42 Å². The second-order valence-corrected chi connectivity index (χ2v) is 0.959. The molecule has 1 heterocycles. The molecule has 0 unspecified atom stereocenters. The molecule has 1 radical (unpaired) electrons. The molecular weight excluding hydrogens is 275 g/mol. The van der Waals surface area contributed by atoms with E-state index in [4.69, 9.17) is 0 Å². The second kappa shape index (κ2) is 11.3. The van der Waals surface area contributed by atoms with Gasteiger partial charge in [-0.1, -0.05) is 0 Å². The largest absolute Gasteiger partial charge is 1.00 e. The smallest absolute Gasteiger partial charge is 0.156 e. The second-order valence-electron chi connectivity index (χ2n) is 0.959. The molecule has 0 spiro atoms. The van der Waals surface area contributed by atoms with Crippen molar-refractivity contribution in [3.63, 3.8) is 0 Å². The van der Waals surface area contributed by atoms with Gasteiger partial charge >= 0.3 is 0 Å². The average Bonchev–Trinajstić information content (AvgIpc) is 1.76. The molecule has 0 saturated carbocycles. The van der Waals surface area contributed by atoms with Gasteiger partial charge in [-0.05, 0) is 6.08 Å². The quantitative estimate of drug-likeness (QED) is 0.431. The number of hydrogen-bond acceptors (Lipinski definition) is 1. The topological polar surface area (TPSA) is 9.23 Å². The normalized spacial score (nSPS) is 12.0. The van der Waals surface area contributed by atoms with Gasteiger partial charge in [-0.25, -0.2) is 0 Å². The Labute approximate surface area is 95.4 Å². The molecule has 0 aromatic carbocycles. The fourth-order valence-corrected chi connectivity index (χ4v) is 0.295. The molecule has 0 saturated heterocycles. The minimum Gasteiger partial charge on any atom is -1.00 e. The van der Waals surface area contributed by atoms with Gasteiger partial charge in [-0.2, -0.15) is 0 Å². The van der Waals surface area contributed by atoms with Crippen LogP contribution < -0.4 is 24.8 Å². The Bertz CT molecular complexity index is 52.0. The van der Waals surface area contributed by atoms with Gasteiger partial charge in [-0.15, -0.1) is 0 Å². The van der Waals surface area contributed by atoms with Crippen LogP contribution in [-0.2, 0) is 4.74 Å². The fraction of sp³-hybridized carbons (Fsp3) is 0.500. The third-order valence-electron chi connectivity index (χ3n) is 0.531. The van der Waals surface area contributed by atoms with Gasteiger partial charge in [-0.3, -0.25) is 0 Å². The summed E-state index contributed by atoms with van der Waals surface area (Å²) in [6.45, 7) is 0.833. The van der Waals surface area contributed by atoms with Crippen molar-refractivity contribution in [2.75, 3.05) is 6.61 Å². The summed E-state index contributed by atoms with van der Waals surface area (Å²) in [5.41, 5.74) is 0. The number of rotatable bonds is 0. The molecule has 1 aliphatic heterocycles. The maximum Gasteiger partial charge on any atom is 0.156 e. The zero-order chi connectivity index (χ0) is 3.54. The van der Waals surface area contributed by atoms with Gasteiger partial charge in [0.05, 0.1) is 6.61 Å². The maximum absolute atomic E-state index is 4.64. The van der Waals surface area contributed by atoms with E-state index in [0.29, 0.717) is 0 Å². The van der Waals surface area contributed by atoms with Crippen LogP contribution in [0, 0.1) is 48.0 Å². The van der Waals surface area contributed by atoms with E-state index in [2.05, 4.69) is 11.0 Å². The first-order valence-corrected chi connectivity index (χ1v) is 1.69. The summed E-state index contributed by atoms with van der Waals surface area (Å²) < 4.78 is 4.64. The van der Waals surface area contributed by atoms with Crippen LogP contribution in [-0.4, -0.2) is 6.61 Å². The number of halogens is 2. The third-order valence-corrected chi connectivity index (χ3v) is 0.531. The molecule has 0 aromatic rings. The molecule has 1 rings (SSSR count). The molecule has 1 nitrogen and oxygen atoms in total. The molecule has 8 heavy (non-hydrogen) atoms. The van der Waals surface area contributed by atoms with E-state index in [1.54, 1.807) is 0 Å². The average molecular weight is 280 g/mol. The molecule has 47 valence electrons. The molecule has 0 aromatic heterocycles. The van der Waals surface area contributed by atoms with Gasteiger partial charge in [0.2, 0.25) is 0 Å². The summed E-state index contributed by atoms with van der Waals surface area (Å²) >= 11 is 0. The van der Waals surface area contributed by atoms with Gasteiger partial charge in [0, 0.05) is 48.2 Å². The van der Waals surface area contributed by atoms with Crippen LogP contribution in [0.3, 0.4) is 0 Å². The fourth-order valence-electron chi connectivity index (χ4n) is 0.295. The first-order valence-electron chi connectivity index (χ1n) is 1.69. The van der Waals surface area contributed by atoms with E-state index >= 15 is 0 Å². The first-order chi connectivity index (χ1) is 2.50. The molecular formula is C4H5CeCl2O-2. The molecule has 0 bridgehead atoms. The van der Waals surface area contributed by atoms with E-state index in [1.807, 2.05) is 6.08 Å². The Morgan fingerprint density at radius 1 is 1.38 bits per heavy atom. The van der Waals surface area contributed by atoms with E-state index in [0.717, 1.165) is 13.0 Å². The molecule has 0 aliphatic carbocycles. The Morgan fingerprint density at radius 2 is 2.00 bits per heavy atom.